The molecule has 3 aromatic heterocycles. The highest BCUT2D eigenvalue weighted by atomic mass is 16.3. The van der Waals surface area contributed by atoms with Gasteiger partial charge in [-0.3, -0.25) is 14.7 Å². The number of likely N-dealkylation sites (tertiary alicyclic amines) is 1. The molecule has 1 N–H and O–H groups in total. The van der Waals surface area contributed by atoms with E-state index in [9.17, 15) is 10.1 Å². The molecule has 1 aliphatic heterocycles. The van der Waals surface area contributed by atoms with E-state index in [4.69, 9.17) is 19.4 Å². The van der Waals surface area contributed by atoms with E-state index in [1.807, 2.05) is 44.3 Å². The zero-order chi connectivity index (χ0) is 31.1. The first-order valence-electron chi connectivity index (χ1n) is 15.0. The van der Waals surface area contributed by atoms with Crippen LogP contribution in [0.15, 0.2) is 65.2 Å². The SMILES string of the molecule is Cc1nc(Nc2cccc(-c3cccc(-c4nc5cc(C=O)cc(C#N)c5o4)c3C)c2C)c2ncc(CN3CCCC3)cc2n1. The van der Waals surface area contributed by atoms with Crippen molar-refractivity contribution in [1.82, 2.24) is 24.8 Å². The molecule has 0 atom stereocenters. The number of hydrogen-bond acceptors (Lipinski definition) is 9. The molecular formula is C36H31N7O2. The Bertz CT molecular complexity index is 2160. The Morgan fingerprint density at radius 2 is 1.69 bits per heavy atom. The van der Waals surface area contributed by atoms with E-state index in [-0.39, 0.29) is 5.56 Å². The van der Waals surface area contributed by atoms with Crippen LogP contribution in [-0.2, 0) is 6.54 Å². The summed E-state index contributed by atoms with van der Waals surface area (Å²) >= 11 is 0. The third kappa shape index (κ3) is 5.30. The lowest BCUT2D eigenvalue weighted by Crippen LogP contribution is -2.18. The summed E-state index contributed by atoms with van der Waals surface area (Å²) in [6.07, 6.45) is 5.15. The Morgan fingerprint density at radius 1 is 0.933 bits per heavy atom. The fourth-order valence-electron chi connectivity index (χ4n) is 6.22. The van der Waals surface area contributed by atoms with Crippen LogP contribution in [0.4, 0.5) is 11.5 Å². The number of aromatic nitrogens is 4. The van der Waals surface area contributed by atoms with Crippen molar-refractivity contribution >= 4 is 39.9 Å². The normalized spacial score (nSPS) is 13.4. The first kappa shape index (κ1) is 28.3. The zero-order valence-electron chi connectivity index (χ0n) is 25.4. The summed E-state index contributed by atoms with van der Waals surface area (Å²) in [7, 11) is 0. The van der Waals surface area contributed by atoms with Crippen LogP contribution in [0.3, 0.4) is 0 Å². The van der Waals surface area contributed by atoms with Crippen molar-refractivity contribution in [3.8, 4) is 28.7 Å². The Kier molecular flexibility index (Phi) is 7.28. The van der Waals surface area contributed by atoms with Gasteiger partial charge < -0.3 is 9.73 Å². The van der Waals surface area contributed by atoms with Gasteiger partial charge in [0.05, 0.1) is 11.1 Å². The lowest BCUT2D eigenvalue weighted by Gasteiger charge is -2.17. The van der Waals surface area contributed by atoms with E-state index in [0.717, 1.165) is 69.7 Å². The number of nitrogens with zero attached hydrogens (tertiary/aromatic N) is 6. The van der Waals surface area contributed by atoms with Gasteiger partial charge >= 0.3 is 0 Å². The van der Waals surface area contributed by atoms with Crippen molar-refractivity contribution in [1.29, 1.82) is 5.26 Å². The topological polar surface area (TPSA) is 121 Å². The molecular weight excluding hydrogens is 562 g/mol. The number of aldehydes is 1. The first-order valence-corrected chi connectivity index (χ1v) is 15.0. The number of nitriles is 1. The summed E-state index contributed by atoms with van der Waals surface area (Å²) in [5.41, 5.74) is 10.1. The number of oxazole rings is 1. The van der Waals surface area contributed by atoms with Gasteiger partial charge in [-0.25, -0.2) is 15.0 Å². The van der Waals surface area contributed by atoms with Crippen LogP contribution < -0.4 is 5.32 Å². The summed E-state index contributed by atoms with van der Waals surface area (Å²) in [6.45, 7) is 9.17. The molecule has 1 fully saturated rings. The molecule has 6 aromatic rings. The summed E-state index contributed by atoms with van der Waals surface area (Å²) < 4.78 is 6.09. The molecule has 0 spiro atoms. The van der Waals surface area contributed by atoms with Crippen molar-refractivity contribution < 1.29 is 9.21 Å². The second-order valence-electron chi connectivity index (χ2n) is 11.6. The fraction of sp³-hybridized carbons (Fsp3) is 0.222. The quantitative estimate of drug-likeness (QED) is 0.188. The molecule has 9 nitrogen and oxygen atoms in total. The van der Waals surface area contributed by atoms with Gasteiger partial charge in [0.25, 0.3) is 0 Å². The predicted octanol–water partition coefficient (Wildman–Crippen LogP) is 7.45. The van der Waals surface area contributed by atoms with Crippen molar-refractivity contribution in [3.63, 3.8) is 0 Å². The van der Waals surface area contributed by atoms with Crippen LogP contribution in [0.5, 0.6) is 0 Å². The highest BCUT2D eigenvalue weighted by Gasteiger charge is 2.19. The van der Waals surface area contributed by atoms with Gasteiger partial charge in [-0.15, -0.1) is 0 Å². The number of rotatable bonds is 7. The van der Waals surface area contributed by atoms with Gasteiger partial charge in [-0.1, -0.05) is 24.3 Å². The molecule has 0 radical (unpaired) electrons. The van der Waals surface area contributed by atoms with Gasteiger partial charge in [0.15, 0.2) is 11.4 Å². The van der Waals surface area contributed by atoms with Crippen LogP contribution in [0.1, 0.15) is 51.3 Å². The highest BCUT2D eigenvalue weighted by molar-refractivity contribution is 5.91. The fourth-order valence-corrected chi connectivity index (χ4v) is 6.22. The van der Waals surface area contributed by atoms with Gasteiger partial charge in [-0.05, 0) is 105 Å². The van der Waals surface area contributed by atoms with Crippen molar-refractivity contribution in [2.24, 2.45) is 0 Å². The van der Waals surface area contributed by atoms with Crippen molar-refractivity contribution in [3.05, 3.63) is 94.4 Å². The van der Waals surface area contributed by atoms with Crippen LogP contribution >= 0.6 is 0 Å². The number of pyridine rings is 1. The minimum absolute atomic E-state index is 0.279. The second-order valence-corrected chi connectivity index (χ2v) is 11.6. The van der Waals surface area contributed by atoms with E-state index < -0.39 is 0 Å². The van der Waals surface area contributed by atoms with Crippen molar-refractivity contribution in [2.45, 2.75) is 40.2 Å². The number of carbonyl (C=O) groups is 1. The van der Waals surface area contributed by atoms with Crippen LogP contribution in [-0.4, -0.2) is 44.2 Å². The lowest BCUT2D eigenvalue weighted by atomic mass is 9.93. The van der Waals surface area contributed by atoms with E-state index in [2.05, 4.69) is 46.4 Å². The Hall–Kier alpha value is -5.46. The number of fused-ring (bicyclic) bond motifs is 2. The van der Waals surface area contributed by atoms with Gasteiger partial charge in [0.1, 0.15) is 29.2 Å². The molecule has 0 aliphatic carbocycles. The highest BCUT2D eigenvalue weighted by Crippen LogP contribution is 2.37. The largest absolute Gasteiger partial charge is 0.435 e. The molecule has 222 valence electrons. The van der Waals surface area contributed by atoms with Gasteiger partial charge in [0.2, 0.25) is 5.89 Å². The molecule has 0 amide bonds. The maximum atomic E-state index is 11.4. The van der Waals surface area contributed by atoms with E-state index in [1.165, 1.54) is 18.9 Å². The summed E-state index contributed by atoms with van der Waals surface area (Å²) in [6, 6.07) is 19.5. The number of anilines is 2. The maximum Gasteiger partial charge on any atom is 0.227 e. The van der Waals surface area contributed by atoms with Crippen LogP contribution in [0.2, 0.25) is 0 Å². The molecule has 0 bridgehead atoms. The molecule has 45 heavy (non-hydrogen) atoms. The summed E-state index contributed by atoms with van der Waals surface area (Å²) in [5.74, 6) is 1.75. The third-order valence-corrected chi connectivity index (χ3v) is 8.52. The zero-order valence-corrected chi connectivity index (χ0v) is 25.4. The smallest absolute Gasteiger partial charge is 0.227 e. The molecule has 0 saturated carbocycles. The van der Waals surface area contributed by atoms with Gasteiger partial charge in [-0.2, -0.15) is 5.26 Å². The molecule has 1 saturated heterocycles. The Balaban J connectivity index is 1.24. The standard InChI is InChI=1S/C36H31N7O2/c1-21-27(8-6-10-29(21)36-42-32-15-24(20-44)14-26(17-37)34(32)45-36)28-9-7-11-30(22(28)2)41-35-33-31(39-23(3)40-35)16-25(18-38-33)19-43-12-4-5-13-43/h6-11,14-16,18,20H,4-5,12-13,19H2,1-3H3,(H,39,40,41). The van der Waals surface area contributed by atoms with Gasteiger partial charge in [0, 0.05) is 29.6 Å². The Morgan fingerprint density at radius 3 is 2.47 bits per heavy atom. The van der Waals surface area contributed by atoms with Crippen LogP contribution in [0.25, 0.3) is 44.7 Å². The minimum Gasteiger partial charge on any atom is -0.435 e. The number of benzene rings is 3. The minimum atomic E-state index is 0.279. The molecule has 3 aromatic carbocycles. The molecule has 7 rings (SSSR count). The van der Waals surface area contributed by atoms with E-state index in [0.29, 0.717) is 40.5 Å². The number of nitrogens with one attached hydrogen (secondary N) is 1. The monoisotopic (exact) mass is 593 g/mol. The Labute approximate surface area is 260 Å². The molecule has 9 heteroatoms. The average Bonchev–Trinajstić information content (AvgIpc) is 3.71. The summed E-state index contributed by atoms with van der Waals surface area (Å²) in [4.78, 5) is 32.7. The van der Waals surface area contributed by atoms with Crippen molar-refractivity contribution in [2.75, 3.05) is 18.4 Å². The van der Waals surface area contributed by atoms with E-state index >= 15 is 0 Å². The third-order valence-electron chi connectivity index (χ3n) is 8.52. The number of carbonyl (C=O) groups excluding carboxylic acids is 1. The number of hydrogen-bond donors (Lipinski definition) is 1. The predicted molar refractivity (Wildman–Crippen MR) is 174 cm³/mol. The molecule has 1 aliphatic rings. The lowest BCUT2D eigenvalue weighted by molar-refractivity contribution is 0.112. The first-order chi connectivity index (χ1) is 21.9. The second kappa shape index (κ2) is 11.6. The number of aryl methyl sites for hydroxylation is 1. The summed E-state index contributed by atoms with van der Waals surface area (Å²) in [5, 5.41) is 13.2. The molecule has 4 heterocycles. The van der Waals surface area contributed by atoms with Crippen LogP contribution in [0, 0.1) is 32.1 Å². The van der Waals surface area contributed by atoms with E-state index in [1.54, 1.807) is 6.07 Å². The molecule has 0 unspecified atom stereocenters. The maximum absolute atomic E-state index is 11.4. The average molecular weight is 594 g/mol.